The quantitative estimate of drug-likeness (QED) is 0.656. The Hall–Kier alpha value is -2.11. The van der Waals surface area contributed by atoms with Crippen molar-refractivity contribution in [1.29, 1.82) is 0 Å². The number of nitrogens with zero attached hydrogens (tertiary/aromatic N) is 3. The maximum atomic E-state index is 13.5. The van der Waals surface area contributed by atoms with Crippen molar-refractivity contribution < 1.29 is 14.0 Å². The summed E-state index contributed by atoms with van der Waals surface area (Å²) in [6, 6.07) is 4.73. The third-order valence-electron chi connectivity index (χ3n) is 4.98. The maximum absolute atomic E-state index is 13.5. The second-order valence-electron chi connectivity index (χ2n) is 6.93. The van der Waals surface area contributed by atoms with Crippen molar-refractivity contribution in [3.63, 3.8) is 0 Å². The first kappa shape index (κ1) is 21.6. The van der Waals surface area contributed by atoms with Crippen LogP contribution in [0.1, 0.15) is 32.6 Å². The molecule has 1 saturated heterocycles. The van der Waals surface area contributed by atoms with Crippen LogP contribution in [0, 0.1) is 18.2 Å². The van der Waals surface area contributed by atoms with Crippen LogP contribution < -0.4 is 4.80 Å². The van der Waals surface area contributed by atoms with E-state index in [9.17, 15) is 14.0 Å². The minimum atomic E-state index is -0.346. The Bertz CT molecular complexity index is 1010. The third kappa shape index (κ3) is 5.28. The molecule has 1 aromatic carbocycles. The Labute approximate surface area is 178 Å². The van der Waals surface area contributed by atoms with Gasteiger partial charge in [0.25, 0.3) is 5.91 Å². The van der Waals surface area contributed by atoms with E-state index in [4.69, 9.17) is 6.42 Å². The number of likely N-dealkylation sites (tertiary alicyclic amines) is 1. The van der Waals surface area contributed by atoms with Gasteiger partial charge in [-0.2, -0.15) is 4.99 Å². The van der Waals surface area contributed by atoms with Gasteiger partial charge in [0, 0.05) is 12.6 Å². The number of fused-ring (bicyclic) bond motifs is 1. The fourth-order valence-corrected chi connectivity index (χ4v) is 5.33. The molecule has 0 spiro atoms. The summed E-state index contributed by atoms with van der Waals surface area (Å²) in [5, 5.41) is 0. The number of thiazole rings is 1. The van der Waals surface area contributed by atoms with Crippen molar-refractivity contribution in [3.05, 3.63) is 28.8 Å². The SMILES string of the molecule is C#CCn1c(=NC(=O)CSCC(=O)N2CCCCC2CC)sc2cc(F)ccc21. The van der Waals surface area contributed by atoms with Gasteiger partial charge in [0.15, 0.2) is 4.80 Å². The van der Waals surface area contributed by atoms with E-state index in [1.807, 2.05) is 4.90 Å². The van der Waals surface area contributed by atoms with Crippen molar-refractivity contribution in [2.75, 3.05) is 18.1 Å². The molecule has 1 unspecified atom stereocenters. The summed E-state index contributed by atoms with van der Waals surface area (Å²) in [4.78, 5) is 31.4. The van der Waals surface area contributed by atoms with Crippen LogP contribution in [0.2, 0.25) is 0 Å². The Kier molecular flexibility index (Phi) is 7.51. The van der Waals surface area contributed by atoms with Gasteiger partial charge < -0.3 is 9.47 Å². The molecule has 0 aliphatic carbocycles. The molecule has 2 heterocycles. The molecule has 0 radical (unpaired) electrons. The average molecular weight is 434 g/mol. The number of carbonyl (C=O) groups excluding carboxylic acids is 2. The lowest BCUT2D eigenvalue weighted by Gasteiger charge is -2.35. The number of thioether (sulfide) groups is 1. The summed E-state index contributed by atoms with van der Waals surface area (Å²) >= 11 is 2.51. The summed E-state index contributed by atoms with van der Waals surface area (Å²) in [6.07, 6.45) is 9.67. The van der Waals surface area contributed by atoms with E-state index in [1.165, 1.54) is 41.7 Å². The Balaban J connectivity index is 1.65. The van der Waals surface area contributed by atoms with Crippen LogP contribution in [0.3, 0.4) is 0 Å². The van der Waals surface area contributed by atoms with Gasteiger partial charge in [-0.15, -0.1) is 18.2 Å². The van der Waals surface area contributed by atoms with E-state index in [1.54, 1.807) is 10.6 Å². The lowest BCUT2D eigenvalue weighted by atomic mass is 10.0. The van der Waals surface area contributed by atoms with Crippen molar-refractivity contribution in [1.82, 2.24) is 9.47 Å². The predicted octanol–water partition coefficient (Wildman–Crippen LogP) is 3.43. The number of hydrogen-bond donors (Lipinski definition) is 0. The Morgan fingerprint density at radius 1 is 1.38 bits per heavy atom. The molecular formula is C21H24FN3O2S2. The van der Waals surface area contributed by atoms with Crippen LogP contribution >= 0.6 is 23.1 Å². The smallest absolute Gasteiger partial charge is 0.258 e. The maximum Gasteiger partial charge on any atom is 0.258 e. The van der Waals surface area contributed by atoms with Gasteiger partial charge in [-0.1, -0.05) is 24.2 Å². The number of piperidine rings is 1. The van der Waals surface area contributed by atoms with Gasteiger partial charge in [0.1, 0.15) is 5.82 Å². The minimum Gasteiger partial charge on any atom is -0.339 e. The number of aromatic nitrogens is 1. The van der Waals surface area contributed by atoms with Gasteiger partial charge in [0.2, 0.25) is 5.91 Å². The van der Waals surface area contributed by atoms with Gasteiger partial charge in [-0.25, -0.2) is 4.39 Å². The molecule has 8 heteroatoms. The molecule has 5 nitrogen and oxygen atoms in total. The van der Waals surface area contributed by atoms with E-state index in [-0.39, 0.29) is 35.7 Å². The van der Waals surface area contributed by atoms with Crippen molar-refractivity contribution >= 4 is 45.1 Å². The van der Waals surface area contributed by atoms with Crippen LogP contribution in [0.5, 0.6) is 0 Å². The second-order valence-corrected chi connectivity index (χ2v) is 8.92. The molecule has 29 heavy (non-hydrogen) atoms. The molecule has 1 aromatic heterocycles. The van der Waals surface area contributed by atoms with Crippen LogP contribution in [0.15, 0.2) is 23.2 Å². The Morgan fingerprint density at radius 3 is 2.97 bits per heavy atom. The summed E-state index contributed by atoms with van der Waals surface area (Å²) in [5.41, 5.74) is 0.749. The summed E-state index contributed by atoms with van der Waals surface area (Å²) < 4.78 is 15.9. The van der Waals surface area contributed by atoms with Crippen molar-refractivity contribution in [2.45, 2.75) is 45.2 Å². The zero-order valence-electron chi connectivity index (χ0n) is 16.4. The van der Waals surface area contributed by atoms with Crippen LogP contribution in [-0.4, -0.2) is 45.4 Å². The molecule has 1 aliphatic rings. The van der Waals surface area contributed by atoms with E-state index < -0.39 is 0 Å². The number of carbonyl (C=O) groups is 2. The summed E-state index contributed by atoms with van der Waals surface area (Å²) in [7, 11) is 0. The van der Waals surface area contributed by atoms with E-state index >= 15 is 0 Å². The van der Waals surface area contributed by atoms with Gasteiger partial charge in [-0.05, 0) is 43.9 Å². The largest absolute Gasteiger partial charge is 0.339 e. The van der Waals surface area contributed by atoms with Crippen LogP contribution in [0.25, 0.3) is 10.2 Å². The van der Waals surface area contributed by atoms with E-state index in [0.29, 0.717) is 15.5 Å². The molecular weight excluding hydrogens is 409 g/mol. The van der Waals surface area contributed by atoms with Crippen molar-refractivity contribution in [3.8, 4) is 12.3 Å². The molecule has 2 amide bonds. The van der Waals surface area contributed by atoms with E-state index in [0.717, 1.165) is 31.3 Å². The highest BCUT2D eigenvalue weighted by molar-refractivity contribution is 8.00. The molecule has 1 atom stereocenters. The standard InChI is InChI=1S/C21H24FN3O2S2/c1-3-10-25-17-9-8-15(22)12-18(17)29-21(25)23-19(26)13-28-14-20(27)24-11-6-5-7-16(24)4-2/h1,8-9,12,16H,4-7,10-11,13-14H2,2H3. The van der Waals surface area contributed by atoms with Crippen LogP contribution in [-0.2, 0) is 16.1 Å². The second kappa shape index (κ2) is 10.1. The number of benzene rings is 1. The average Bonchev–Trinajstić information content (AvgIpc) is 3.04. The molecule has 2 aromatic rings. The zero-order chi connectivity index (χ0) is 20.8. The molecule has 0 N–H and O–H groups in total. The molecule has 0 saturated carbocycles. The minimum absolute atomic E-state index is 0.0917. The first-order valence-corrected chi connectivity index (χ1v) is 11.7. The normalized spacial score (nSPS) is 17.5. The first-order chi connectivity index (χ1) is 14.0. The number of rotatable bonds is 6. The van der Waals surface area contributed by atoms with Gasteiger partial charge >= 0.3 is 0 Å². The van der Waals surface area contributed by atoms with Crippen molar-refractivity contribution in [2.24, 2.45) is 4.99 Å². The van der Waals surface area contributed by atoms with Gasteiger partial charge in [-0.3, -0.25) is 9.59 Å². The predicted molar refractivity (Wildman–Crippen MR) is 116 cm³/mol. The van der Waals surface area contributed by atoms with Crippen LogP contribution in [0.4, 0.5) is 4.39 Å². The molecule has 1 fully saturated rings. The number of amides is 2. The molecule has 0 bridgehead atoms. The lowest BCUT2D eigenvalue weighted by molar-refractivity contribution is -0.132. The highest BCUT2D eigenvalue weighted by Gasteiger charge is 2.25. The highest BCUT2D eigenvalue weighted by Crippen LogP contribution is 2.21. The topological polar surface area (TPSA) is 54.7 Å². The number of halogens is 1. The third-order valence-corrected chi connectivity index (χ3v) is 6.93. The lowest BCUT2D eigenvalue weighted by Crippen LogP contribution is -2.44. The monoisotopic (exact) mass is 433 g/mol. The zero-order valence-corrected chi connectivity index (χ0v) is 18.0. The summed E-state index contributed by atoms with van der Waals surface area (Å²) in [5.74, 6) is 2.36. The molecule has 154 valence electrons. The Morgan fingerprint density at radius 2 is 2.21 bits per heavy atom. The fraction of sp³-hybridized carbons (Fsp3) is 0.476. The molecule has 1 aliphatic heterocycles. The number of terminal acetylenes is 1. The fourth-order valence-electron chi connectivity index (χ4n) is 3.58. The van der Waals surface area contributed by atoms with E-state index in [2.05, 4.69) is 17.8 Å². The highest BCUT2D eigenvalue weighted by atomic mass is 32.2. The molecule has 3 rings (SSSR count). The number of hydrogen-bond acceptors (Lipinski definition) is 4. The van der Waals surface area contributed by atoms with Gasteiger partial charge in [0.05, 0.1) is 28.3 Å². The summed E-state index contributed by atoms with van der Waals surface area (Å²) in [6.45, 7) is 3.16. The first-order valence-electron chi connectivity index (χ1n) is 9.70.